The molecule has 0 heterocycles. The van der Waals surface area contributed by atoms with E-state index in [9.17, 15) is 15.0 Å². The molecule has 0 aromatic heterocycles. The summed E-state index contributed by atoms with van der Waals surface area (Å²) in [6.45, 7) is 0.528. The van der Waals surface area contributed by atoms with Crippen LogP contribution in [0.1, 0.15) is 23.2 Å². The number of hydrogen-bond acceptors (Lipinski definition) is 4. The molecule has 1 aliphatic rings. The van der Waals surface area contributed by atoms with Gasteiger partial charge in [-0.05, 0) is 30.9 Å². The fourth-order valence-electron chi connectivity index (χ4n) is 2.04. The van der Waals surface area contributed by atoms with E-state index in [-0.39, 0.29) is 23.1 Å². The van der Waals surface area contributed by atoms with Gasteiger partial charge in [0.15, 0.2) is 0 Å². The lowest BCUT2D eigenvalue weighted by Gasteiger charge is -2.32. The van der Waals surface area contributed by atoms with Gasteiger partial charge in [-0.15, -0.1) is 0 Å². The number of amides is 1. The maximum Gasteiger partial charge on any atom is 0.258 e. The molecule has 0 atom stereocenters. The first-order chi connectivity index (χ1) is 8.08. The van der Waals surface area contributed by atoms with E-state index in [2.05, 4.69) is 5.32 Å². The van der Waals surface area contributed by atoms with Crippen LogP contribution in [0.5, 0.6) is 11.5 Å². The molecule has 5 N–H and O–H groups in total. The van der Waals surface area contributed by atoms with Crippen LogP contribution in [0.2, 0.25) is 0 Å². The summed E-state index contributed by atoms with van der Waals surface area (Å²) in [6.07, 6.45) is 1.82. The summed E-state index contributed by atoms with van der Waals surface area (Å²) < 4.78 is 0. The van der Waals surface area contributed by atoms with Crippen LogP contribution in [0.3, 0.4) is 0 Å². The third-order valence-corrected chi connectivity index (χ3v) is 3.07. The Labute approximate surface area is 99.3 Å². The predicted molar refractivity (Wildman–Crippen MR) is 62.8 cm³/mol. The minimum atomic E-state index is -0.457. The molecule has 1 aromatic rings. The lowest BCUT2D eigenvalue weighted by Crippen LogP contribution is -2.42. The zero-order chi connectivity index (χ0) is 12.4. The number of nitrogens with two attached hydrogens (primary N) is 1. The van der Waals surface area contributed by atoms with Crippen molar-refractivity contribution in [3.05, 3.63) is 23.8 Å². The topological polar surface area (TPSA) is 95.6 Å². The third-order valence-electron chi connectivity index (χ3n) is 3.07. The summed E-state index contributed by atoms with van der Waals surface area (Å²) in [6, 6.07) is 4.46. The average Bonchev–Trinajstić information content (AvgIpc) is 2.22. The van der Waals surface area contributed by atoms with Crippen LogP contribution in [-0.2, 0) is 0 Å². The van der Waals surface area contributed by atoms with Crippen LogP contribution in [0.15, 0.2) is 18.2 Å². The minimum Gasteiger partial charge on any atom is -0.507 e. The maximum atomic E-state index is 11.7. The molecule has 5 heteroatoms. The first-order valence-electron chi connectivity index (χ1n) is 5.62. The number of hydrogen-bond donors (Lipinski definition) is 4. The lowest BCUT2D eigenvalue weighted by molar-refractivity contribution is 0.0930. The fourth-order valence-corrected chi connectivity index (χ4v) is 2.04. The number of nitrogens with one attached hydrogen (secondary N) is 1. The van der Waals surface area contributed by atoms with Gasteiger partial charge in [0.05, 0.1) is 0 Å². The highest BCUT2D eigenvalue weighted by molar-refractivity contribution is 5.99. The Morgan fingerprint density at radius 2 is 1.94 bits per heavy atom. The molecule has 5 nitrogen and oxygen atoms in total. The Bertz CT molecular complexity index is 408. The summed E-state index contributed by atoms with van der Waals surface area (Å²) in [5.41, 5.74) is 5.57. The van der Waals surface area contributed by atoms with Crippen molar-refractivity contribution in [2.75, 3.05) is 6.54 Å². The van der Waals surface area contributed by atoms with Gasteiger partial charge in [0.25, 0.3) is 5.91 Å². The molecule has 0 radical (unpaired) electrons. The molecule has 0 saturated heterocycles. The van der Waals surface area contributed by atoms with Gasteiger partial charge in [-0.25, -0.2) is 0 Å². The van der Waals surface area contributed by atoms with E-state index in [0.29, 0.717) is 12.5 Å². The smallest absolute Gasteiger partial charge is 0.258 e. The van der Waals surface area contributed by atoms with E-state index < -0.39 is 5.91 Å². The quantitative estimate of drug-likeness (QED) is 0.616. The normalized spacial score (nSPS) is 22.9. The number of carbonyl (C=O) groups is 1. The van der Waals surface area contributed by atoms with E-state index in [1.54, 1.807) is 0 Å². The molecule has 1 amide bonds. The van der Waals surface area contributed by atoms with Crippen molar-refractivity contribution in [3.63, 3.8) is 0 Å². The molecule has 92 valence electrons. The van der Waals surface area contributed by atoms with E-state index >= 15 is 0 Å². The van der Waals surface area contributed by atoms with E-state index in [0.717, 1.165) is 12.8 Å². The lowest BCUT2D eigenvalue weighted by atomic mass is 9.81. The molecule has 17 heavy (non-hydrogen) atoms. The van der Waals surface area contributed by atoms with Crippen LogP contribution in [-0.4, -0.2) is 28.7 Å². The number of rotatable bonds is 3. The van der Waals surface area contributed by atoms with Gasteiger partial charge in [0.2, 0.25) is 0 Å². The Kier molecular flexibility index (Phi) is 3.19. The standard InChI is InChI=1S/C12H16N2O3/c13-8-4-7(5-8)6-14-12(17)11-9(15)2-1-3-10(11)16/h1-3,7-8,15-16H,4-6,13H2,(H,14,17). The van der Waals surface area contributed by atoms with Gasteiger partial charge in [-0.2, -0.15) is 0 Å². The van der Waals surface area contributed by atoms with Crippen molar-refractivity contribution in [2.24, 2.45) is 11.7 Å². The molecule has 0 spiro atoms. The summed E-state index contributed by atoms with van der Waals surface area (Å²) >= 11 is 0. The molecular weight excluding hydrogens is 220 g/mol. The monoisotopic (exact) mass is 236 g/mol. The molecular formula is C12H16N2O3. The molecule has 1 saturated carbocycles. The van der Waals surface area contributed by atoms with Gasteiger partial charge in [0.1, 0.15) is 17.1 Å². The van der Waals surface area contributed by atoms with Crippen LogP contribution < -0.4 is 11.1 Å². The van der Waals surface area contributed by atoms with E-state index in [4.69, 9.17) is 5.73 Å². The van der Waals surface area contributed by atoms with Crippen LogP contribution in [0.25, 0.3) is 0 Å². The fraction of sp³-hybridized carbons (Fsp3) is 0.417. The highest BCUT2D eigenvalue weighted by Gasteiger charge is 2.26. The van der Waals surface area contributed by atoms with E-state index in [1.165, 1.54) is 18.2 Å². The molecule has 1 fully saturated rings. The van der Waals surface area contributed by atoms with Gasteiger partial charge < -0.3 is 21.3 Å². The Morgan fingerprint density at radius 1 is 1.35 bits per heavy atom. The minimum absolute atomic E-state index is 0.0730. The zero-order valence-corrected chi connectivity index (χ0v) is 9.39. The maximum absolute atomic E-state index is 11.7. The Balaban J connectivity index is 1.95. The second kappa shape index (κ2) is 4.63. The number of benzene rings is 1. The van der Waals surface area contributed by atoms with Gasteiger partial charge in [-0.1, -0.05) is 6.07 Å². The van der Waals surface area contributed by atoms with Crippen molar-refractivity contribution in [2.45, 2.75) is 18.9 Å². The number of carbonyl (C=O) groups excluding carboxylic acids is 1. The van der Waals surface area contributed by atoms with Crippen molar-refractivity contribution in [1.82, 2.24) is 5.32 Å². The summed E-state index contributed by atoms with van der Waals surface area (Å²) in [7, 11) is 0. The van der Waals surface area contributed by atoms with Crippen molar-refractivity contribution in [1.29, 1.82) is 0 Å². The average molecular weight is 236 g/mol. The molecule has 2 rings (SSSR count). The first kappa shape index (κ1) is 11.7. The van der Waals surface area contributed by atoms with Crippen LogP contribution in [0, 0.1) is 5.92 Å². The number of phenolic OH excluding ortho intramolecular Hbond substituents is 2. The Morgan fingerprint density at radius 3 is 2.47 bits per heavy atom. The van der Waals surface area contributed by atoms with Crippen molar-refractivity contribution in [3.8, 4) is 11.5 Å². The largest absolute Gasteiger partial charge is 0.507 e. The summed E-state index contributed by atoms with van der Waals surface area (Å²) in [5, 5.41) is 21.7. The van der Waals surface area contributed by atoms with E-state index in [1.807, 2.05) is 0 Å². The van der Waals surface area contributed by atoms with Crippen LogP contribution in [0.4, 0.5) is 0 Å². The number of aromatic hydroxyl groups is 2. The molecule has 1 aromatic carbocycles. The summed E-state index contributed by atoms with van der Waals surface area (Å²) in [5.74, 6) is -0.483. The van der Waals surface area contributed by atoms with Crippen molar-refractivity contribution >= 4 is 5.91 Å². The van der Waals surface area contributed by atoms with Crippen molar-refractivity contribution < 1.29 is 15.0 Å². The summed E-state index contributed by atoms with van der Waals surface area (Å²) in [4.78, 5) is 11.7. The first-order valence-corrected chi connectivity index (χ1v) is 5.62. The van der Waals surface area contributed by atoms with Gasteiger partial charge >= 0.3 is 0 Å². The second-order valence-electron chi connectivity index (χ2n) is 4.48. The Hall–Kier alpha value is -1.75. The zero-order valence-electron chi connectivity index (χ0n) is 9.39. The molecule has 1 aliphatic carbocycles. The third kappa shape index (κ3) is 2.50. The highest BCUT2D eigenvalue weighted by atomic mass is 16.3. The van der Waals surface area contributed by atoms with Crippen LogP contribution >= 0.6 is 0 Å². The predicted octanol–water partition coefficient (Wildman–Crippen LogP) is 0.565. The van der Waals surface area contributed by atoms with Gasteiger partial charge in [-0.3, -0.25) is 4.79 Å². The highest BCUT2D eigenvalue weighted by Crippen LogP contribution is 2.27. The molecule has 0 bridgehead atoms. The molecule has 0 aliphatic heterocycles. The molecule has 0 unspecified atom stereocenters. The second-order valence-corrected chi connectivity index (χ2v) is 4.48. The van der Waals surface area contributed by atoms with Gasteiger partial charge in [0, 0.05) is 12.6 Å². The SMILES string of the molecule is NC1CC(CNC(=O)c2c(O)cccc2O)C1. The number of phenols is 2.